The van der Waals surface area contributed by atoms with Gasteiger partial charge < -0.3 is 4.90 Å². The molecule has 3 aromatic rings. The van der Waals surface area contributed by atoms with Crippen LogP contribution in [-0.4, -0.2) is 37.6 Å². The Morgan fingerprint density at radius 3 is 2.32 bits per heavy atom. The molecule has 0 amide bonds. The predicted molar refractivity (Wildman–Crippen MR) is 104 cm³/mol. The van der Waals surface area contributed by atoms with Crippen LogP contribution in [0.4, 0.5) is 23.5 Å². The molecular formula is C20H16F4N6O. The molecule has 0 bridgehead atoms. The average molecular weight is 432 g/mol. The molecule has 0 N–H and O–H groups in total. The maximum atomic E-state index is 13.1. The quantitative estimate of drug-likeness (QED) is 0.590. The van der Waals surface area contributed by atoms with Gasteiger partial charge in [0.25, 0.3) is 0 Å². The molecule has 1 aromatic carbocycles. The SMILES string of the molecule is O=c1nc(N2CC=C(c3ccc(F)cc3)CC2)ncn1Cc1cnc(C(F)(F)F)nc1. The van der Waals surface area contributed by atoms with E-state index in [1.807, 2.05) is 11.0 Å². The van der Waals surface area contributed by atoms with E-state index in [4.69, 9.17) is 0 Å². The Hall–Kier alpha value is -3.63. The highest BCUT2D eigenvalue weighted by Gasteiger charge is 2.34. The highest BCUT2D eigenvalue weighted by molar-refractivity contribution is 5.68. The Balaban J connectivity index is 1.44. The first-order valence-electron chi connectivity index (χ1n) is 9.31. The first-order valence-corrected chi connectivity index (χ1v) is 9.31. The van der Waals surface area contributed by atoms with Gasteiger partial charge in [0.15, 0.2) is 0 Å². The number of hydrogen-bond acceptors (Lipinski definition) is 6. The normalized spacial score (nSPS) is 14.5. The van der Waals surface area contributed by atoms with Crippen molar-refractivity contribution in [3.8, 4) is 0 Å². The van der Waals surface area contributed by atoms with Crippen LogP contribution >= 0.6 is 0 Å². The van der Waals surface area contributed by atoms with Crippen molar-refractivity contribution >= 4 is 11.5 Å². The summed E-state index contributed by atoms with van der Waals surface area (Å²) in [6.45, 7) is 1.02. The Morgan fingerprint density at radius 2 is 1.74 bits per heavy atom. The lowest BCUT2D eigenvalue weighted by molar-refractivity contribution is -0.145. The number of hydrogen-bond donors (Lipinski definition) is 0. The summed E-state index contributed by atoms with van der Waals surface area (Å²) in [6.07, 6.45) is 1.36. The largest absolute Gasteiger partial charge is 0.451 e. The van der Waals surface area contributed by atoms with Crippen molar-refractivity contribution in [2.75, 3.05) is 18.0 Å². The molecule has 160 valence electrons. The highest BCUT2D eigenvalue weighted by atomic mass is 19.4. The minimum absolute atomic E-state index is 0.0497. The van der Waals surface area contributed by atoms with Crippen molar-refractivity contribution < 1.29 is 17.6 Å². The minimum atomic E-state index is -4.63. The van der Waals surface area contributed by atoms with Crippen LogP contribution in [0.1, 0.15) is 23.4 Å². The van der Waals surface area contributed by atoms with Crippen LogP contribution in [0, 0.1) is 5.82 Å². The van der Waals surface area contributed by atoms with E-state index in [1.54, 1.807) is 12.1 Å². The number of aromatic nitrogens is 5. The van der Waals surface area contributed by atoms with Crippen LogP contribution in [0.2, 0.25) is 0 Å². The number of alkyl halides is 3. The molecule has 4 rings (SSSR count). The molecule has 1 aliphatic rings. The van der Waals surface area contributed by atoms with Crippen LogP contribution < -0.4 is 10.6 Å². The van der Waals surface area contributed by atoms with Gasteiger partial charge in [-0.15, -0.1) is 0 Å². The zero-order valence-electron chi connectivity index (χ0n) is 16.1. The van der Waals surface area contributed by atoms with Gasteiger partial charge in [0.2, 0.25) is 11.8 Å². The van der Waals surface area contributed by atoms with Gasteiger partial charge in [-0.2, -0.15) is 18.2 Å². The lowest BCUT2D eigenvalue weighted by atomic mass is 10.00. The smallest absolute Gasteiger partial charge is 0.337 e. The maximum absolute atomic E-state index is 13.1. The van der Waals surface area contributed by atoms with Gasteiger partial charge in [-0.25, -0.2) is 24.1 Å². The fraction of sp³-hybridized carbons (Fsp3) is 0.250. The third-order valence-electron chi connectivity index (χ3n) is 4.77. The first kappa shape index (κ1) is 20.6. The monoisotopic (exact) mass is 432 g/mol. The lowest BCUT2D eigenvalue weighted by Gasteiger charge is -2.26. The number of anilines is 1. The summed E-state index contributed by atoms with van der Waals surface area (Å²) in [7, 11) is 0. The van der Waals surface area contributed by atoms with Crippen molar-refractivity contribution in [2.45, 2.75) is 19.1 Å². The van der Waals surface area contributed by atoms with E-state index in [2.05, 4.69) is 19.9 Å². The van der Waals surface area contributed by atoms with Crippen LogP contribution in [0.25, 0.3) is 5.57 Å². The maximum Gasteiger partial charge on any atom is 0.451 e. The summed E-state index contributed by atoms with van der Waals surface area (Å²) >= 11 is 0. The molecule has 31 heavy (non-hydrogen) atoms. The highest BCUT2D eigenvalue weighted by Crippen LogP contribution is 2.25. The second kappa shape index (κ2) is 8.25. The molecule has 0 atom stereocenters. The molecule has 0 unspecified atom stereocenters. The van der Waals surface area contributed by atoms with E-state index in [9.17, 15) is 22.4 Å². The van der Waals surface area contributed by atoms with Gasteiger partial charge in [-0.3, -0.25) is 4.57 Å². The lowest BCUT2D eigenvalue weighted by Crippen LogP contribution is -2.34. The zero-order chi connectivity index (χ0) is 22.0. The summed E-state index contributed by atoms with van der Waals surface area (Å²) in [6, 6.07) is 6.26. The average Bonchev–Trinajstić information content (AvgIpc) is 2.76. The molecule has 11 heteroatoms. The van der Waals surface area contributed by atoms with Crippen molar-refractivity contribution in [3.63, 3.8) is 0 Å². The number of nitrogens with zero attached hydrogens (tertiary/aromatic N) is 6. The molecule has 0 saturated carbocycles. The summed E-state index contributed by atoms with van der Waals surface area (Å²) < 4.78 is 51.9. The minimum Gasteiger partial charge on any atom is -0.337 e. The Kier molecular flexibility index (Phi) is 5.49. The summed E-state index contributed by atoms with van der Waals surface area (Å²) in [4.78, 5) is 28.9. The van der Waals surface area contributed by atoms with Gasteiger partial charge in [-0.1, -0.05) is 18.2 Å². The van der Waals surface area contributed by atoms with Crippen LogP contribution in [0.3, 0.4) is 0 Å². The van der Waals surface area contributed by atoms with Crippen molar-refractivity contribution in [1.29, 1.82) is 0 Å². The van der Waals surface area contributed by atoms with Gasteiger partial charge in [0, 0.05) is 31.0 Å². The standard InChI is InChI=1S/C20H16F4N6O/c21-16-3-1-14(2-4-16)15-5-7-29(8-6-15)18-27-12-30(19(31)28-18)11-13-9-25-17(26-10-13)20(22,23)24/h1-5,9-10,12H,6-8,11H2. The molecule has 0 aliphatic carbocycles. The summed E-state index contributed by atoms with van der Waals surface area (Å²) in [5.41, 5.74) is 1.75. The van der Waals surface area contributed by atoms with Crippen LogP contribution in [0.15, 0.2) is 53.9 Å². The molecule has 2 aromatic heterocycles. The van der Waals surface area contributed by atoms with E-state index in [1.165, 1.54) is 23.0 Å². The van der Waals surface area contributed by atoms with E-state index in [-0.39, 0.29) is 18.3 Å². The molecule has 3 heterocycles. The second-order valence-electron chi connectivity index (χ2n) is 6.91. The first-order chi connectivity index (χ1) is 14.8. The summed E-state index contributed by atoms with van der Waals surface area (Å²) in [5.74, 6) is -1.27. The zero-order valence-corrected chi connectivity index (χ0v) is 16.1. The van der Waals surface area contributed by atoms with Crippen LogP contribution in [0.5, 0.6) is 0 Å². The predicted octanol–water partition coefficient (Wildman–Crippen LogP) is 2.93. The molecule has 1 aliphatic heterocycles. The summed E-state index contributed by atoms with van der Waals surface area (Å²) in [5, 5.41) is 0. The Labute approximate surface area is 173 Å². The van der Waals surface area contributed by atoms with Gasteiger partial charge in [0.05, 0.1) is 6.54 Å². The Morgan fingerprint density at radius 1 is 1.03 bits per heavy atom. The molecule has 0 radical (unpaired) electrons. The van der Waals surface area contributed by atoms with E-state index in [0.717, 1.165) is 23.5 Å². The third-order valence-corrected chi connectivity index (χ3v) is 4.77. The van der Waals surface area contributed by atoms with E-state index >= 15 is 0 Å². The second-order valence-corrected chi connectivity index (χ2v) is 6.91. The molecular weight excluding hydrogens is 416 g/mol. The van der Waals surface area contributed by atoms with Crippen molar-refractivity contribution in [1.82, 2.24) is 24.5 Å². The molecule has 0 spiro atoms. The number of halogens is 4. The van der Waals surface area contributed by atoms with Crippen molar-refractivity contribution in [2.24, 2.45) is 0 Å². The van der Waals surface area contributed by atoms with E-state index < -0.39 is 17.7 Å². The van der Waals surface area contributed by atoms with Gasteiger partial charge >= 0.3 is 11.9 Å². The fourth-order valence-corrected chi connectivity index (χ4v) is 3.17. The van der Waals surface area contributed by atoms with Crippen molar-refractivity contribution in [3.05, 3.63) is 82.3 Å². The van der Waals surface area contributed by atoms with Gasteiger partial charge in [-0.05, 0) is 29.7 Å². The molecule has 0 saturated heterocycles. The number of benzene rings is 1. The number of rotatable bonds is 4. The fourth-order valence-electron chi connectivity index (χ4n) is 3.17. The molecule has 7 nitrogen and oxygen atoms in total. The molecule has 0 fully saturated rings. The van der Waals surface area contributed by atoms with Gasteiger partial charge in [0.1, 0.15) is 12.1 Å². The van der Waals surface area contributed by atoms with Crippen LogP contribution in [-0.2, 0) is 12.7 Å². The van der Waals surface area contributed by atoms with E-state index in [0.29, 0.717) is 25.1 Å². The topological polar surface area (TPSA) is 76.8 Å². The third kappa shape index (κ3) is 4.76. The Bertz CT molecular complexity index is 1160.